The molecule has 2 aromatic carbocycles. The van der Waals surface area contributed by atoms with Gasteiger partial charge in [0.2, 0.25) is 5.91 Å². The number of fused-ring (bicyclic) bond motifs is 1. The minimum atomic E-state index is 0.00191. The number of aryl methyl sites for hydroxylation is 2. The van der Waals surface area contributed by atoms with E-state index in [9.17, 15) is 4.79 Å². The number of nitrogens with zero attached hydrogens (tertiary/aromatic N) is 2. The molecule has 0 radical (unpaired) electrons. The van der Waals surface area contributed by atoms with Gasteiger partial charge in [-0.15, -0.1) is 0 Å². The molecule has 3 rings (SSSR count). The van der Waals surface area contributed by atoms with Crippen LogP contribution >= 0.6 is 0 Å². The van der Waals surface area contributed by atoms with Gasteiger partial charge in [0.1, 0.15) is 6.54 Å². The molecule has 3 aromatic rings. The van der Waals surface area contributed by atoms with Crippen molar-refractivity contribution in [1.29, 1.82) is 0 Å². The van der Waals surface area contributed by atoms with E-state index >= 15 is 0 Å². The number of benzene rings is 2. The van der Waals surface area contributed by atoms with Crippen molar-refractivity contribution >= 4 is 16.8 Å². The average molecular weight is 321 g/mol. The normalized spacial score (nSPS) is 12.2. The zero-order valence-electron chi connectivity index (χ0n) is 14.2. The quantitative estimate of drug-likeness (QED) is 0.755. The smallest absolute Gasteiger partial charge is 0.241 e. The Labute approximate surface area is 142 Å². The zero-order chi connectivity index (χ0) is 16.9. The van der Waals surface area contributed by atoms with Crippen molar-refractivity contribution in [3.8, 4) is 0 Å². The Hall–Kier alpha value is -2.62. The summed E-state index contributed by atoms with van der Waals surface area (Å²) < 4.78 is 1.77. The van der Waals surface area contributed by atoms with Gasteiger partial charge in [0.15, 0.2) is 0 Å². The number of hydrogen-bond donors (Lipinski definition) is 1. The van der Waals surface area contributed by atoms with Crippen LogP contribution in [0, 0.1) is 6.92 Å². The number of amides is 1. The minimum Gasteiger partial charge on any atom is -0.352 e. The van der Waals surface area contributed by atoms with Gasteiger partial charge in [0.05, 0.1) is 11.7 Å². The molecule has 0 fully saturated rings. The fraction of sp³-hybridized carbons (Fsp3) is 0.300. The molecule has 0 saturated heterocycles. The third kappa shape index (κ3) is 4.02. The van der Waals surface area contributed by atoms with Crippen LogP contribution < -0.4 is 5.32 Å². The zero-order valence-corrected chi connectivity index (χ0v) is 14.2. The monoisotopic (exact) mass is 321 g/mol. The van der Waals surface area contributed by atoms with Gasteiger partial charge >= 0.3 is 0 Å². The van der Waals surface area contributed by atoms with Crippen LogP contribution in [0.5, 0.6) is 0 Å². The number of rotatable bonds is 6. The highest BCUT2D eigenvalue weighted by atomic mass is 16.2. The van der Waals surface area contributed by atoms with E-state index in [2.05, 4.69) is 34.7 Å². The third-order valence-electron chi connectivity index (χ3n) is 4.21. The number of aromatic nitrogens is 2. The highest BCUT2D eigenvalue weighted by Gasteiger charge is 2.11. The van der Waals surface area contributed by atoms with Crippen molar-refractivity contribution in [3.63, 3.8) is 0 Å². The summed E-state index contributed by atoms with van der Waals surface area (Å²) in [4.78, 5) is 12.3. The summed E-state index contributed by atoms with van der Waals surface area (Å²) in [7, 11) is 0. The molecule has 0 aliphatic carbocycles. The molecular weight excluding hydrogens is 298 g/mol. The number of nitrogens with one attached hydrogen (secondary N) is 1. The summed E-state index contributed by atoms with van der Waals surface area (Å²) in [5, 5.41) is 8.46. The molecule has 1 heterocycles. The summed E-state index contributed by atoms with van der Waals surface area (Å²) in [5.74, 6) is 0.00191. The van der Waals surface area contributed by atoms with Gasteiger partial charge < -0.3 is 5.32 Å². The molecule has 0 aliphatic heterocycles. The van der Waals surface area contributed by atoms with E-state index in [0.717, 1.165) is 23.7 Å². The van der Waals surface area contributed by atoms with Crippen LogP contribution in [0.15, 0.2) is 54.7 Å². The molecule has 124 valence electrons. The van der Waals surface area contributed by atoms with Gasteiger partial charge in [-0.05, 0) is 43.9 Å². The summed E-state index contributed by atoms with van der Waals surface area (Å²) in [6.07, 6.45) is 3.70. The predicted molar refractivity (Wildman–Crippen MR) is 96.8 cm³/mol. The second kappa shape index (κ2) is 7.30. The molecule has 1 aromatic heterocycles. The maximum Gasteiger partial charge on any atom is 0.241 e. The van der Waals surface area contributed by atoms with E-state index in [1.807, 2.05) is 38.1 Å². The number of carbonyl (C=O) groups excluding carboxylic acids is 1. The first-order valence-electron chi connectivity index (χ1n) is 8.37. The molecule has 0 bridgehead atoms. The maximum atomic E-state index is 12.3. The highest BCUT2D eigenvalue weighted by molar-refractivity contribution is 5.82. The van der Waals surface area contributed by atoms with Crippen LogP contribution in [-0.4, -0.2) is 21.7 Å². The molecule has 4 nitrogen and oxygen atoms in total. The molecular formula is C20H23N3O. The fourth-order valence-electron chi connectivity index (χ4n) is 2.86. The Morgan fingerprint density at radius 2 is 2.00 bits per heavy atom. The van der Waals surface area contributed by atoms with E-state index in [0.29, 0.717) is 0 Å². The first-order chi connectivity index (χ1) is 11.6. The number of carbonyl (C=O) groups is 1. The average Bonchev–Trinajstić information content (AvgIpc) is 2.96. The van der Waals surface area contributed by atoms with Crippen LogP contribution in [-0.2, 0) is 17.8 Å². The SMILES string of the molecule is Cc1ccc2cnn(CC(=O)NC(C)CCc3ccccc3)c2c1. The van der Waals surface area contributed by atoms with Gasteiger partial charge in [-0.2, -0.15) is 5.10 Å². The fourth-order valence-corrected chi connectivity index (χ4v) is 2.86. The molecule has 1 N–H and O–H groups in total. The van der Waals surface area contributed by atoms with Crippen LogP contribution in [0.3, 0.4) is 0 Å². The lowest BCUT2D eigenvalue weighted by molar-refractivity contribution is -0.122. The molecule has 1 amide bonds. The van der Waals surface area contributed by atoms with Crippen molar-refractivity contribution in [3.05, 3.63) is 65.9 Å². The third-order valence-corrected chi connectivity index (χ3v) is 4.21. The van der Waals surface area contributed by atoms with Crippen molar-refractivity contribution < 1.29 is 4.79 Å². The Kier molecular flexibility index (Phi) is 4.94. The number of hydrogen-bond acceptors (Lipinski definition) is 2. The molecule has 24 heavy (non-hydrogen) atoms. The van der Waals surface area contributed by atoms with Gasteiger partial charge in [-0.1, -0.05) is 42.5 Å². The highest BCUT2D eigenvalue weighted by Crippen LogP contribution is 2.15. The Morgan fingerprint density at radius 3 is 2.79 bits per heavy atom. The van der Waals surface area contributed by atoms with Crippen LogP contribution in [0.4, 0.5) is 0 Å². The second-order valence-corrected chi connectivity index (χ2v) is 6.36. The van der Waals surface area contributed by atoms with Gasteiger partial charge in [-0.3, -0.25) is 9.48 Å². The van der Waals surface area contributed by atoms with E-state index < -0.39 is 0 Å². The van der Waals surface area contributed by atoms with Crippen LogP contribution in [0.25, 0.3) is 10.9 Å². The van der Waals surface area contributed by atoms with E-state index in [4.69, 9.17) is 0 Å². The Balaban J connectivity index is 1.55. The standard InChI is InChI=1S/C20H23N3O/c1-15-8-11-18-13-21-23(19(18)12-15)14-20(24)22-16(2)9-10-17-6-4-3-5-7-17/h3-8,11-13,16H,9-10,14H2,1-2H3,(H,22,24). The van der Waals surface area contributed by atoms with E-state index in [-0.39, 0.29) is 18.5 Å². The van der Waals surface area contributed by atoms with Crippen molar-refractivity contribution in [2.45, 2.75) is 39.3 Å². The topological polar surface area (TPSA) is 46.9 Å². The Bertz CT molecular complexity index is 823. The summed E-state index contributed by atoms with van der Waals surface area (Å²) in [6.45, 7) is 4.34. The van der Waals surface area contributed by atoms with Gasteiger partial charge in [0.25, 0.3) is 0 Å². The second-order valence-electron chi connectivity index (χ2n) is 6.36. The lowest BCUT2D eigenvalue weighted by Gasteiger charge is -2.14. The van der Waals surface area contributed by atoms with E-state index in [1.54, 1.807) is 10.9 Å². The molecule has 1 atom stereocenters. The first-order valence-corrected chi connectivity index (χ1v) is 8.37. The molecule has 0 saturated carbocycles. The Morgan fingerprint density at radius 1 is 1.21 bits per heavy atom. The summed E-state index contributed by atoms with van der Waals surface area (Å²) in [5.41, 5.74) is 3.47. The van der Waals surface area contributed by atoms with Crippen molar-refractivity contribution in [1.82, 2.24) is 15.1 Å². The largest absolute Gasteiger partial charge is 0.352 e. The lowest BCUT2D eigenvalue weighted by atomic mass is 10.1. The predicted octanol–water partition coefficient (Wildman–Crippen LogP) is 3.48. The molecule has 1 unspecified atom stereocenters. The van der Waals surface area contributed by atoms with Gasteiger partial charge in [0, 0.05) is 11.4 Å². The lowest BCUT2D eigenvalue weighted by Crippen LogP contribution is -2.35. The summed E-state index contributed by atoms with van der Waals surface area (Å²) >= 11 is 0. The van der Waals surface area contributed by atoms with Crippen molar-refractivity contribution in [2.75, 3.05) is 0 Å². The molecule has 4 heteroatoms. The molecule has 0 aliphatic rings. The summed E-state index contributed by atoms with van der Waals surface area (Å²) in [6, 6.07) is 16.6. The van der Waals surface area contributed by atoms with E-state index in [1.165, 1.54) is 11.1 Å². The maximum absolute atomic E-state index is 12.3. The van der Waals surface area contributed by atoms with Crippen LogP contribution in [0.2, 0.25) is 0 Å². The van der Waals surface area contributed by atoms with Gasteiger partial charge in [-0.25, -0.2) is 0 Å². The first kappa shape index (κ1) is 16.2. The van der Waals surface area contributed by atoms with Crippen molar-refractivity contribution in [2.24, 2.45) is 0 Å². The van der Waals surface area contributed by atoms with Crippen LogP contribution in [0.1, 0.15) is 24.5 Å². The molecule has 0 spiro atoms. The minimum absolute atomic E-state index is 0.00191.